The summed E-state index contributed by atoms with van der Waals surface area (Å²) in [4.78, 5) is 4.23. The van der Waals surface area contributed by atoms with Crippen LogP contribution in [0.5, 0.6) is 0 Å². The number of sulfone groups is 1. The van der Waals surface area contributed by atoms with Crippen LogP contribution in [-0.2, 0) is 16.4 Å². The molecule has 0 bridgehead atoms. The van der Waals surface area contributed by atoms with Crippen molar-refractivity contribution < 1.29 is 17.2 Å². The van der Waals surface area contributed by atoms with Gasteiger partial charge in [0.1, 0.15) is 5.82 Å². The summed E-state index contributed by atoms with van der Waals surface area (Å²) in [6.45, 7) is 2.13. The predicted octanol–water partition coefficient (Wildman–Crippen LogP) is 5.89. The summed E-state index contributed by atoms with van der Waals surface area (Å²) in [6, 6.07) is 19.4. The monoisotopic (exact) mass is 456 g/mol. The molecule has 0 spiro atoms. The molecule has 158 valence electrons. The molecule has 0 aliphatic heterocycles. The average molecular weight is 457 g/mol. The lowest BCUT2D eigenvalue weighted by molar-refractivity contribution is 0.567. The number of halogens is 2. The molecule has 31 heavy (non-hydrogen) atoms. The van der Waals surface area contributed by atoms with Crippen LogP contribution in [0.4, 0.5) is 10.3 Å². The largest absolute Gasteiger partial charge is 0.419 e. The Morgan fingerprint density at radius 3 is 2.35 bits per heavy atom. The van der Waals surface area contributed by atoms with E-state index < -0.39 is 15.7 Å². The molecule has 0 unspecified atom stereocenters. The topological polar surface area (TPSA) is 72.2 Å². The summed E-state index contributed by atoms with van der Waals surface area (Å²) in [7, 11) is -4.01. The highest BCUT2D eigenvalue weighted by Crippen LogP contribution is 2.33. The molecule has 4 rings (SSSR count). The number of nitrogens with one attached hydrogen (secondary N) is 1. The van der Waals surface area contributed by atoms with E-state index in [1.54, 1.807) is 42.5 Å². The zero-order valence-corrected chi connectivity index (χ0v) is 18.0. The zero-order chi connectivity index (χ0) is 22.0. The van der Waals surface area contributed by atoms with Gasteiger partial charge in [-0.1, -0.05) is 53.6 Å². The molecule has 1 aromatic heterocycles. The number of hydrogen-bond acceptors (Lipinski definition) is 5. The summed E-state index contributed by atoms with van der Waals surface area (Å²) in [5, 5.41) is 3.26. The van der Waals surface area contributed by atoms with Crippen molar-refractivity contribution in [3.63, 3.8) is 0 Å². The Kier molecular flexibility index (Phi) is 5.80. The van der Waals surface area contributed by atoms with Crippen LogP contribution in [0.25, 0.3) is 11.5 Å². The van der Waals surface area contributed by atoms with Crippen molar-refractivity contribution in [3.05, 3.63) is 94.8 Å². The van der Waals surface area contributed by atoms with Gasteiger partial charge in [0.15, 0.2) is 0 Å². The van der Waals surface area contributed by atoms with E-state index in [0.717, 1.165) is 11.1 Å². The molecule has 0 saturated heterocycles. The molecule has 0 amide bonds. The first-order valence-corrected chi connectivity index (χ1v) is 11.3. The van der Waals surface area contributed by atoms with Crippen molar-refractivity contribution >= 4 is 27.3 Å². The predicted molar refractivity (Wildman–Crippen MR) is 117 cm³/mol. The minimum absolute atomic E-state index is 0.0613. The highest BCUT2D eigenvalue weighted by Gasteiger charge is 2.29. The van der Waals surface area contributed by atoms with Gasteiger partial charge in [0, 0.05) is 11.6 Å². The summed E-state index contributed by atoms with van der Waals surface area (Å²) in [5.74, 6) is -0.747. The van der Waals surface area contributed by atoms with E-state index in [0.29, 0.717) is 5.02 Å². The van der Waals surface area contributed by atoms with Crippen LogP contribution in [0.3, 0.4) is 0 Å². The van der Waals surface area contributed by atoms with E-state index in [4.69, 9.17) is 16.0 Å². The zero-order valence-electron chi connectivity index (χ0n) is 16.5. The number of hydrogen-bond donors (Lipinski definition) is 1. The Morgan fingerprint density at radius 2 is 1.68 bits per heavy atom. The SMILES string of the molecule is Cc1ccc(S(=O)(=O)c2nc(-c3ccccc3F)oc2NCc2ccc(Cl)cc2)cc1. The molecule has 0 saturated carbocycles. The van der Waals surface area contributed by atoms with Gasteiger partial charge in [-0.05, 0) is 48.9 Å². The third-order valence-corrected chi connectivity index (χ3v) is 6.58. The molecule has 0 fully saturated rings. The fourth-order valence-electron chi connectivity index (χ4n) is 2.96. The van der Waals surface area contributed by atoms with Gasteiger partial charge in [0.25, 0.3) is 0 Å². The summed E-state index contributed by atoms with van der Waals surface area (Å²) >= 11 is 5.92. The Morgan fingerprint density at radius 1 is 1.00 bits per heavy atom. The van der Waals surface area contributed by atoms with E-state index in [1.165, 1.54) is 30.3 Å². The molecule has 8 heteroatoms. The van der Waals surface area contributed by atoms with Crippen LogP contribution in [0.2, 0.25) is 5.02 Å². The standard InChI is InChI=1S/C23H18ClFN2O3S/c1-15-6-12-18(13-7-15)31(28,29)23-22(26-14-16-8-10-17(24)11-9-16)30-21(27-23)19-4-2-3-5-20(19)25/h2-13,26H,14H2,1H3. The second-order valence-electron chi connectivity index (χ2n) is 6.93. The highest BCUT2D eigenvalue weighted by molar-refractivity contribution is 7.91. The molecular formula is C23H18ClFN2O3S. The molecule has 0 aliphatic rings. The molecule has 1 N–H and O–H groups in total. The van der Waals surface area contributed by atoms with Gasteiger partial charge in [-0.15, -0.1) is 0 Å². The lowest BCUT2D eigenvalue weighted by Gasteiger charge is -2.07. The lowest BCUT2D eigenvalue weighted by atomic mass is 10.2. The molecular weight excluding hydrogens is 439 g/mol. The van der Waals surface area contributed by atoms with Gasteiger partial charge in [0.05, 0.1) is 10.5 Å². The maximum Gasteiger partial charge on any atom is 0.234 e. The van der Waals surface area contributed by atoms with E-state index in [9.17, 15) is 12.8 Å². The van der Waals surface area contributed by atoms with Crippen LogP contribution in [-0.4, -0.2) is 13.4 Å². The number of anilines is 1. The Bertz CT molecular complexity index is 1320. The van der Waals surface area contributed by atoms with Gasteiger partial charge in [-0.3, -0.25) is 0 Å². The van der Waals surface area contributed by atoms with Crippen molar-refractivity contribution in [2.24, 2.45) is 0 Å². The van der Waals surface area contributed by atoms with Gasteiger partial charge in [-0.2, -0.15) is 4.98 Å². The van der Waals surface area contributed by atoms with Crippen molar-refractivity contribution in [3.8, 4) is 11.5 Å². The maximum atomic E-state index is 14.3. The van der Waals surface area contributed by atoms with E-state index in [2.05, 4.69) is 10.3 Å². The van der Waals surface area contributed by atoms with Crippen LogP contribution in [0.1, 0.15) is 11.1 Å². The van der Waals surface area contributed by atoms with Crippen LogP contribution >= 0.6 is 11.6 Å². The average Bonchev–Trinajstić information content (AvgIpc) is 3.19. The van der Waals surface area contributed by atoms with E-state index >= 15 is 0 Å². The summed E-state index contributed by atoms with van der Waals surface area (Å²) in [6.07, 6.45) is 0. The highest BCUT2D eigenvalue weighted by atomic mass is 35.5. The minimum atomic E-state index is -4.01. The molecule has 5 nitrogen and oxygen atoms in total. The van der Waals surface area contributed by atoms with Crippen molar-refractivity contribution in [2.75, 3.05) is 5.32 Å². The van der Waals surface area contributed by atoms with Crippen molar-refractivity contribution in [1.82, 2.24) is 4.98 Å². The number of nitrogens with zero attached hydrogens (tertiary/aromatic N) is 1. The Labute approximate surface area is 184 Å². The van der Waals surface area contributed by atoms with Gasteiger partial charge < -0.3 is 9.73 Å². The molecule has 0 radical (unpaired) electrons. The summed E-state index contributed by atoms with van der Waals surface area (Å²) in [5.41, 5.74) is 1.85. The van der Waals surface area contributed by atoms with Crippen molar-refractivity contribution in [1.29, 1.82) is 0 Å². The summed E-state index contributed by atoms with van der Waals surface area (Å²) < 4.78 is 46.5. The quantitative estimate of drug-likeness (QED) is 0.392. The molecule has 0 atom stereocenters. The number of oxazole rings is 1. The number of aromatic nitrogens is 1. The third kappa shape index (κ3) is 4.47. The smallest absolute Gasteiger partial charge is 0.234 e. The van der Waals surface area contributed by atoms with Crippen LogP contribution in [0.15, 0.2) is 87.1 Å². The first-order valence-electron chi connectivity index (χ1n) is 9.40. The lowest BCUT2D eigenvalue weighted by Crippen LogP contribution is -2.07. The van der Waals surface area contributed by atoms with Gasteiger partial charge >= 0.3 is 0 Å². The number of aryl methyl sites for hydroxylation is 1. The fraction of sp³-hybridized carbons (Fsp3) is 0.0870. The molecule has 1 heterocycles. The first kappa shape index (κ1) is 21.1. The van der Waals surface area contributed by atoms with E-state index in [1.807, 2.05) is 6.92 Å². The molecule has 3 aromatic carbocycles. The normalized spacial score (nSPS) is 11.5. The van der Waals surface area contributed by atoms with Gasteiger partial charge in [0.2, 0.25) is 26.6 Å². The third-order valence-electron chi connectivity index (χ3n) is 4.65. The second kappa shape index (κ2) is 8.53. The van der Waals surface area contributed by atoms with Gasteiger partial charge in [-0.25, -0.2) is 12.8 Å². The second-order valence-corrected chi connectivity index (χ2v) is 9.23. The Balaban J connectivity index is 1.77. The number of rotatable bonds is 6. The number of benzene rings is 3. The van der Waals surface area contributed by atoms with Crippen LogP contribution in [0, 0.1) is 12.7 Å². The van der Waals surface area contributed by atoms with Crippen LogP contribution < -0.4 is 5.32 Å². The minimum Gasteiger partial charge on any atom is -0.419 e. The molecule has 4 aromatic rings. The van der Waals surface area contributed by atoms with Crippen molar-refractivity contribution in [2.45, 2.75) is 23.4 Å². The fourth-order valence-corrected chi connectivity index (χ4v) is 4.37. The maximum absolute atomic E-state index is 14.3. The Hall–Kier alpha value is -3.16. The first-order chi connectivity index (χ1) is 14.8. The molecule has 0 aliphatic carbocycles. The van der Waals surface area contributed by atoms with E-state index in [-0.39, 0.29) is 33.8 Å².